The maximum absolute atomic E-state index is 11.4. The molecule has 0 aromatic heterocycles. The molecule has 1 N–H and O–H groups in total. The summed E-state index contributed by atoms with van der Waals surface area (Å²) >= 11 is 1.84. The fourth-order valence-electron chi connectivity index (χ4n) is 1.17. The number of hydrogen-bond acceptors (Lipinski definition) is 4. The van der Waals surface area contributed by atoms with Gasteiger partial charge in [-0.15, -0.1) is 0 Å². The van der Waals surface area contributed by atoms with E-state index in [0.29, 0.717) is 12.6 Å². The Kier molecular flexibility index (Phi) is 7.02. The first kappa shape index (κ1) is 14.8. The van der Waals surface area contributed by atoms with Crippen LogP contribution in [0.15, 0.2) is 0 Å². The number of rotatable bonds is 7. The Morgan fingerprint density at radius 3 is 2.60 bits per heavy atom. The van der Waals surface area contributed by atoms with Crippen LogP contribution in [0, 0.1) is 5.41 Å². The average Bonchev–Trinajstić information content (AvgIpc) is 2.22. The van der Waals surface area contributed by atoms with E-state index >= 15 is 0 Å². The SMILES string of the molecule is COC(=O)C(C)(C)CNC(C)CCSC. The first-order valence-corrected chi connectivity index (χ1v) is 6.64. The Labute approximate surface area is 97.3 Å². The largest absolute Gasteiger partial charge is 0.469 e. The first-order valence-electron chi connectivity index (χ1n) is 5.24. The molecule has 90 valence electrons. The second kappa shape index (κ2) is 7.12. The third-order valence-electron chi connectivity index (χ3n) is 2.39. The number of hydrogen-bond donors (Lipinski definition) is 1. The lowest BCUT2D eigenvalue weighted by molar-refractivity contribution is -0.150. The van der Waals surface area contributed by atoms with E-state index in [2.05, 4.69) is 18.5 Å². The maximum Gasteiger partial charge on any atom is 0.312 e. The van der Waals surface area contributed by atoms with Gasteiger partial charge in [-0.2, -0.15) is 11.8 Å². The number of methoxy groups -OCH3 is 1. The number of esters is 1. The molecule has 1 unspecified atom stereocenters. The molecule has 0 amide bonds. The minimum absolute atomic E-state index is 0.160. The fourth-order valence-corrected chi connectivity index (χ4v) is 1.76. The van der Waals surface area contributed by atoms with Gasteiger partial charge < -0.3 is 10.1 Å². The molecule has 0 spiro atoms. The van der Waals surface area contributed by atoms with E-state index < -0.39 is 5.41 Å². The van der Waals surface area contributed by atoms with Crippen LogP contribution in [0.5, 0.6) is 0 Å². The topological polar surface area (TPSA) is 38.3 Å². The molecule has 4 heteroatoms. The summed E-state index contributed by atoms with van der Waals surface area (Å²) in [5.41, 5.74) is -0.442. The third-order valence-corrected chi connectivity index (χ3v) is 3.03. The van der Waals surface area contributed by atoms with Gasteiger partial charge in [0.05, 0.1) is 12.5 Å². The van der Waals surface area contributed by atoms with Crippen LogP contribution < -0.4 is 5.32 Å². The highest BCUT2D eigenvalue weighted by Gasteiger charge is 2.28. The Bertz CT molecular complexity index is 195. The molecule has 3 nitrogen and oxygen atoms in total. The molecule has 0 aromatic rings. The molecule has 0 aliphatic rings. The highest BCUT2D eigenvalue weighted by molar-refractivity contribution is 7.98. The van der Waals surface area contributed by atoms with Crippen molar-refractivity contribution >= 4 is 17.7 Å². The minimum atomic E-state index is -0.442. The quantitative estimate of drug-likeness (QED) is 0.682. The number of carbonyl (C=O) groups excluding carboxylic acids is 1. The van der Waals surface area contributed by atoms with E-state index in [9.17, 15) is 4.79 Å². The van der Waals surface area contributed by atoms with E-state index in [4.69, 9.17) is 4.74 Å². The van der Waals surface area contributed by atoms with Crippen LogP contribution in [0.25, 0.3) is 0 Å². The van der Waals surface area contributed by atoms with Crippen LogP contribution in [-0.4, -0.2) is 37.7 Å². The predicted molar refractivity (Wildman–Crippen MR) is 66.3 cm³/mol. The van der Waals surface area contributed by atoms with E-state index in [1.807, 2.05) is 25.6 Å². The standard InChI is InChI=1S/C11H23NO2S/c1-9(6-7-15-5)12-8-11(2,3)10(13)14-4/h9,12H,6-8H2,1-5H3. The van der Waals surface area contributed by atoms with Crippen molar-refractivity contribution in [2.45, 2.75) is 33.2 Å². The summed E-state index contributed by atoms with van der Waals surface area (Å²) in [5, 5.41) is 3.36. The normalized spacial score (nSPS) is 13.7. The second-order valence-corrected chi connectivity index (χ2v) is 5.42. The van der Waals surface area contributed by atoms with Crippen molar-refractivity contribution in [1.82, 2.24) is 5.32 Å². The van der Waals surface area contributed by atoms with Crippen molar-refractivity contribution in [2.24, 2.45) is 5.41 Å². The first-order chi connectivity index (χ1) is 6.94. The molecule has 0 radical (unpaired) electrons. The molecule has 0 aliphatic heterocycles. The van der Waals surface area contributed by atoms with E-state index in [1.165, 1.54) is 7.11 Å². The number of nitrogens with one attached hydrogen (secondary N) is 1. The summed E-state index contributed by atoms with van der Waals surface area (Å²) in [4.78, 5) is 11.4. The van der Waals surface area contributed by atoms with E-state index in [1.54, 1.807) is 0 Å². The molecular weight excluding hydrogens is 210 g/mol. The molecule has 1 atom stereocenters. The van der Waals surface area contributed by atoms with Gasteiger partial charge in [0, 0.05) is 12.6 Å². The molecule has 0 fully saturated rings. The number of ether oxygens (including phenoxy) is 1. The molecule has 0 heterocycles. The molecule has 15 heavy (non-hydrogen) atoms. The van der Waals surface area contributed by atoms with Crippen LogP contribution in [0.4, 0.5) is 0 Å². The van der Waals surface area contributed by atoms with Gasteiger partial charge >= 0.3 is 5.97 Å². The highest BCUT2D eigenvalue weighted by atomic mass is 32.2. The Morgan fingerprint density at radius 2 is 2.13 bits per heavy atom. The zero-order valence-corrected chi connectivity index (χ0v) is 11.2. The lowest BCUT2D eigenvalue weighted by atomic mass is 9.93. The smallest absolute Gasteiger partial charge is 0.312 e. The van der Waals surface area contributed by atoms with Crippen LogP contribution in [0.1, 0.15) is 27.2 Å². The van der Waals surface area contributed by atoms with Crippen LogP contribution in [0.3, 0.4) is 0 Å². The van der Waals surface area contributed by atoms with Gasteiger partial charge in [0.15, 0.2) is 0 Å². The monoisotopic (exact) mass is 233 g/mol. The predicted octanol–water partition coefficient (Wildman–Crippen LogP) is 1.92. The summed E-state index contributed by atoms with van der Waals surface area (Å²) in [6, 6.07) is 0.446. The summed E-state index contributed by atoms with van der Waals surface area (Å²) in [7, 11) is 1.43. The lowest BCUT2D eigenvalue weighted by Gasteiger charge is -2.24. The second-order valence-electron chi connectivity index (χ2n) is 4.44. The van der Waals surface area contributed by atoms with Crippen LogP contribution in [-0.2, 0) is 9.53 Å². The maximum atomic E-state index is 11.4. The summed E-state index contributed by atoms with van der Waals surface area (Å²) in [6.07, 6.45) is 3.23. The molecule has 0 saturated heterocycles. The number of carbonyl (C=O) groups is 1. The van der Waals surface area contributed by atoms with Gasteiger partial charge in [0.2, 0.25) is 0 Å². The third kappa shape index (κ3) is 6.05. The zero-order valence-electron chi connectivity index (χ0n) is 10.4. The number of thioether (sulfide) groups is 1. The van der Waals surface area contributed by atoms with Crippen molar-refractivity contribution in [2.75, 3.05) is 25.7 Å². The Hall–Kier alpha value is -0.220. The van der Waals surface area contributed by atoms with Crippen molar-refractivity contribution in [3.63, 3.8) is 0 Å². The van der Waals surface area contributed by atoms with Crippen molar-refractivity contribution < 1.29 is 9.53 Å². The summed E-state index contributed by atoms with van der Waals surface area (Å²) in [6.45, 7) is 6.60. The summed E-state index contributed by atoms with van der Waals surface area (Å²) in [5.74, 6) is 0.986. The molecule has 0 bridgehead atoms. The fraction of sp³-hybridized carbons (Fsp3) is 0.909. The zero-order chi connectivity index (χ0) is 11.9. The molecular formula is C11H23NO2S. The highest BCUT2D eigenvalue weighted by Crippen LogP contribution is 2.16. The van der Waals surface area contributed by atoms with Crippen molar-refractivity contribution in [1.29, 1.82) is 0 Å². The molecule has 0 saturated carbocycles. The van der Waals surface area contributed by atoms with Gasteiger partial charge in [-0.3, -0.25) is 4.79 Å². The van der Waals surface area contributed by atoms with E-state index in [0.717, 1.165) is 12.2 Å². The van der Waals surface area contributed by atoms with Crippen molar-refractivity contribution in [3.05, 3.63) is 0 Å². The average molecular weight is 233 g/mol. The Morgan fingerprint density at radius 1 is 1.53 bits per heavy atom. The van der Waals surface area contributed by atoms with Gasteiger partial charge in [-0.1, -0.05) is 0 Å². The summed E-state index contributed by atoms with van der Waals surface area (Å²) < 4.78 is 4.75. The van der Waals surface area contributed by atoms with Crippen molar-refractivity contribution in [3.8, 4) is 0 Å². The van der Waals surface area contributed by atoms with Crippen LogP contribution >= 0.6 is 11.8 Å². The molecule has 0 aliphatic carbocycles. The minimum Gasteiger partial charge on any atom is -0.469 e. The van der Waals surface area contributed by atoms with Gasteiger partial charge in [-0.05, 0) is 39.2 Å². The van der Waals surface area contributed by atoms with Gasteiger partial charge in [-0.25, -0.2) is 0 Å². The van der Waals surface area contributed by atoms with Gasteiger partial charge in [0.1, 0.15) is 0 Å². The molecule has 0 aromatic carbocycles. The van der Waals surface area contributed by atoms with Crippen LogP contribution in [0.2, 0.25) is 0 Å². The van der Waals surface area contributed by atoms with Gasteiger partial charge in [0.25, 0.3) is 0 Å². The molecule has 0 rings (SSSR count). The lowest BCUT2D eigenvalue weighted by Crippen LogP contribution is -2.40. The Balaban J connectivity index is 3.87. The van der Waals surface area contributed by atoms with E-state index in [-0.39, 0.29) is 5.97 Å².